The van der Waals surface area contributed by atoms with Crippen LogP contribution >= 0.6 is 0 Å². The molecule has 0 aliphatic heterocycles. The molecule has 0 radical (unpaired) electrons. The zero-order chi connectivity index (χ0) is 20.7. The van der Waals surface area contributed by atoms with Crippen LogP contribution < -0.4 is 0 Å². The van der Waals surface area contributed by atoms with Crippen molar-refractivity contribution in [2.75, 3.05) is 0 Å². The fraction of sp³-hybridized carbons (Fsp3) is 0.741. The summed E-state index contributed by atoms with van der Waals surface area (Å²) in [6, 6.07) is 8.79. The van der Waals surface area contributed by atoms with Gasteiger partial charge in [0.25, 0.3) is 0 Å². The highest BCUT2D eigenvalue weighted by Crippen LogP contribution is 2.44. The van der Waals surface area contributed by atoms with E-state index in [2.05, 4.69) is 38.1 Å². The van der Waals surface area contributed by atoms with Gasteiger partial charge in [0.1, 0.15) is 0 Å². The highest BCUT2D eigenvalue weighted by Gasteiger charge is 2.43. The number of carboxylic acid groups (broad SMARTS) is 1. The van der Waals surface area contributed by atoms with E-state index in [1.165, 1.54) is 69.8 Å². The number of unbranched alkanes of at least 4 members (excludes halogenated alkanes) is 3. The van der Waals surface area contributed by atoms with Gasteiger partial charge in [-0.3, -0.25) is 4.79 Å². The van der Waals surface area contributed by atoms with E-state index in [-0.39, 0.29) is 0 Å². The van der Waals surface area contributed by atoms with Crippen molar-refractivity contribution in [1.29, 1.82) is 0 Å². The Bertz CT molecular complexity index is 616. The van der Waals surface area contributed by atoms with E-state index < -0.39 is 11.4 Å². The van der Waals surface area contributed by atoms with Gasteiger partial charge < -0.3 is 5.11 Å². The molecule has 0 saturated heterocycles. The number of carboxylic acids is 1. The van der Waals surface area contributed by atoms with Crippen LogP contribution in [0.5, 0.6) is 0 Å². The maximum Gasteiger partial charge on any atom is 0.314 e. The first-order chi connectivity index (χ1) is 14.1. The molecule has 0 aromatic heterocycles. The van der Waals surface area contributed by atoms with E-state index in [4.69, 9.17) is 0 Å². The van der Waals surface area contributed by atoms with E-state index in [0.29, 0.717) is 11.8 Å². The zero-order valence-electron chi connectivity index (χ0n) is 18.8. The van der Waals surface area contributed by atoms with E-state index in [1.54, 1.807) is 0 Å². The van der Waals surface area contributed by atoms with Crippen LogP contribution in [0.25, 0.3) is 0 Å². The van der Waals surface area contributed by atoms with E-state index in [1.807, 2.05) is 0 Å². The third kappa shape index (κ3) is 5.44. The van der Waals surface area contributed by atoms with Crippen molar-refractivity contribution >= 4 is 5.97 Å². The minimum atomic E-state index is -0.652. The molecule has 1 N–H and O–H groups in total. The summed E-state index contributed by atoms with van der Waals surface area (Å²) >= 11 is 0. The molecule has 0 atom stereocenters. The molecule has 1 aromatic rings. The van der Waals surface area contributed by atoms with Crippen LogP contribution in [0.2, 0.25) is 0 Å². The molecule has 1 aromatic carbocycles. The fourth-order valence-corrected chi connectivity index (χ4v) is 5.92. The van der Waals surface area contributed by atoms with Crippen molar-refractivity contribution < 1.29 is 9.90 Å². The summed E-state index contributed by atoms with van der Waals surface area (Å²) in [5, 5.41) is 10.1. The summed E-state index contributed by atoms with van der Waals surface area (Å²) in [5.41, 5.74) is 1.81. The molecule has 0 bridgehead atoms. The topological polar surface area (TPSA) is 37.3 Å². The van der Waals surface area contributed by atoms with Gasteiger partial charge in [-0.2, -0.15) is 0 Å². The van der Waals surface area contributed by atoms with E-state index in [0.717, 1.165) is 37.2 Å². The van der Waals surface area contributed by atoms with Crippen LogP contribution in [0, 0.1) is 11.8 Å². The average molecular weight is 399 g/mol. The Kier molecular flexibility index (Phi) is 8.21. The number of benzene rings is 1. The van der Waals surface area contributed by atoms with Gasteiger partial charge in [-0.25, -0.2) is 0 Å². The highest BCUT2D eigenvalue weighted by molar-refractivity contribution is 5.81. The second-order valence-corrected chi connectivity index (χ2v) is 9.93. The summed E-state index contributed by atoms with van der Waals surface area (Å²) in [5.74, 6) is 1.70. The lowest BCUT2D eigenvalue weighted by Gasteiger charge is -2.37. The number of rotatable bonds is 9. The van der Waals surface area contributed by atoms with Crippen LogP contribution in [-0.4, -0.2) is 11.1 Å². The summed E-state index contributed by atoms with van der Waals surface area (Å²) in [4.78, 5) is 12.2. The maximum atomic E-state index is 12.2. The van der Waals surface area contributed by atoms with Gasteiger partial charge in [0.15, 0.2) is 0 Å². The van der Waals surface area contributed by atoms with Crippen LogP contribution in [0.4, 0.5) is 0 Å². The van der Waals surface area contributed by atoms with Crippen molar-refractivity contribution in [2.24, 2.45) is 11.8 Å². The first-order valence-corrected chi connectivity index (χ1v) is 12.4. The van der Waals surface area contributed by atoms with Gasteiger partial charge >= 0.3 is 5.97 Å². The normalized spacial score (nSPS) is 30.2. The molecule has 2 aliphatic rings. The monoisotopic (exact) mass is 398 g/mol. The molecule has 29 heavy (non-hydrogen) atoms. The molecule has 0 unspecified atom stereocenters. The third-order valence-corrected chi connectivity index (χ3v) is 8.19. The Morgan fingerprint density at radius 3 is 2.10 bits per heavy atom. The molecule has 162 valence electrons. The molecule has 2 fully saturated rings. The van der Waals surface area contributed by atoms with Gasteiger partial charge in [0.05, 0.1) is 5.41 Å². The smallest absolute Gasteiger partial charge is 0.314 e. The second kappa shape index (κ2) is 10.6. The largest absolute Gasteiger partial charge is 0.481 e. The lowest BCUT2D eigenvalue weighted by molar-refractivity contribution is -0.145. The summed E-state index contributed by atoms with van der Waals surface area (Å²) in [6.45, 7) is 4.51. The Morgan fingerprint density at radius 1 is 0.897 bits per heavy atom. The molecule has 2 saturated carbocycles. The Labute approximate surface area is 178 Å². The summed E-state index contributed by atoms with van der Waals surface area (Å²) in [6.07, 6.45) is 17.2. The number of hydrogen-bond acceptors (Lipinski definition) is 1. The van der Waals surface area contributed by atoms with Crippen LogP contribution in [0.15, 0.2) is 24.3 Å². The SMILES string of the molecule is CCCCCCC1CCC(c2ccc(C3(C(=O)O)CCC(CC)CC3)cc2)CC1. The minimum absolute atomic E-state index is 0.622. The van der Waals surface area contributed by atoms with Crippen molar-refractivity contribution in [3.8, 4) is 0 Å². The summed E-state index contributed by atoms with van der Waals surface area (Å²) in [7, 11) is 0. The molecule has 3 rings (SSSR count). The van der Waals surface area contributed by atoms with Gasteiger partial charge in [-0.05, 0) is 80.2 Å². The van der Waals surface area contributed by atoms with E-state index in [9.17, 15) is 9.90 Å². The molecule has 2 aliphatic carbocycles. The van der Waals surface area contributed by atoms with Crippen LogP contribution in [0.1, 0.15) is 121 Å². The first kappa shape index (κ1) is 22.4. The lowest BCUT2D eigenvalue weighted by Crippen LogP contribution is -2.39. The maximum absolute atomic E-state index is 12.2. The third-order valence-electron chi connectivity index (χ3n) is 8.19. The molecule has 0 amide bonds. The van der Waals surface area contributed by atoms with Crippen LogP contribution in [-0.2, 0) is 10.2 Å². The second-order valence-electron chi connectivity index (χ2n) is 9.93. The molecule has 0 spiro atoms. The van der Waals surface area contributed by atoms with E-state index >= 15 is 0 Å². The molecular formula is C27H42O2. The highest BCUT2D eigenvalue weighted by atomic mass is 16.4. The van der Waals surface area contributed by atoms with Gasteiger partial charge in [0.2, 0.25) is 0 Å². The van der Waals surface area contributed by atoms with Gasteiger partial charge in [0, 0.05) is 0 Å². The van der Waals surface area contributed by atoms with Gasteiger partial charge in [-0.1, -0.05) is 76.6 Å². The fourth-order valence-electron chi connectivity index (χ4n) is 5.92. The quantitative estimate of drug-likeness (QED) is 0.430. The average Bonchev–Trinajstić information content (AvgIpc) is 2.77. The predicted octanol–water partition coefficient (Wildman–Crippen LogP) is 7.85. The number of hydrogen-bond donors (Lipinski definition) is 1. The Balaban J connectivity index is 1.57. The Morgan fingerprint density at radius 2 is 1.55 bits per heavy atom. The van der Waals surface area contributed by atoms with Crippen molar-refractivity contribution in [3.05, 3.63) is 35.4 Å². The Hall–Kier alpha value is -1.31. The zero-order valence-corrected chi connectivity index (χ0v) is 18.8. The number of carbonyl (C=O) groups is 1. The van der Waals surface area contributed by atoms with Crippen molar-refractivity contribution in [3.63, 3.8) is 0 Å². The van der Waals surface area contributed by atoms with Crippen LogP contribution in [0.3, 0.4) is 0 Å². The van der Waals surface area contributed by atoms with Gasteiger partial charge in [-0.15, -0.1) is 0 Å². The minimum Gasteiger partial charge on any atom is -0.481 e. The van der Waals surface area contributed by atoms with Crippen molar-refractivity contribution in [2.45, 2.75) is 115 Å². The van der Waals surface area contributed by atoms with Crippen molar-refractivity contribution in [1.82, 2.24) is 0 Å². The molecule has 0 heterocycles. The molecule has 2 heteroatoms. The first-order valence-electron chi connectivity index (χ1n) is 12.4. The standard InChI is InChI=1S/C27H42O2/c1-3-5-6-7-8-22-9-11-23(12-10-22)24-13-15-25(16-14-24)27(26(28)29)19-17-21(4-2)18-20-27/h13-16,21-23H,3-12,17-20H2,1-2H3,(H,28,29). The molecular weight excluding hydrogens is 356 g/mol. The summed E-state index contributed by atoms with van der Waals surface area (Å²) < 4.78 is 0. The predicted molar refractivity (Wildman–Crippen MR) is 121 cm³/mol. The number of aliphatic carboxylic acids is 1. The lowest BCUT2D eigenvalue weighted by atomic mass is 9.66. The molecule has 2 nitrogen and oxygen atoms in total.